The third kappa shape index (κ3) is 4.31. The zero-order valence-corrected chi connectivity index (χ0v) is 20.7. The average molecular weight is 504 g/mol. The second-order valence-corrected chi connectivity index (χ2v) is 9.34. The van der Waals surface area contributed by atoms with Crippen LogP contribution in [0.2, 0.25) is 0 Å². The highest BCUT2D eigenvalue weighted by Gasteiger charge is 2.32. The number of aryl methyl sites for hydroxylation is 2. The number of aromatic amines is 1. The van der Waals surface area contributed by atoms with Crippen LogP contribution in [0.15, 0.2) is 65.3 Å². The van der Waals surface area contributed by atoms with E-state index in [1.165, 1.54) is 18.4 Å². The Balaban J connectivity index is 1.71. The molecule has 0 amide bonds. The zero-order chi connectivity index (χ0) is 25.2. The fourth-order valence-electron chi connectivity index (χ4n) is 4.56. The number of carbonyl (C=O) groups excluding carboxylic acids is 1. The van der Waals surface area contributed by atoms with E-state index in [0.29, 0.717) is 30.0 Å². The lowest BCUT2D eigenvalue weighted by atomic mass is 9.89. The van der Waals surface area contributed by atoms with Crippen molar-refractivity contribution in [1.29, 1.82) is 0 Å². The number of carbonyl (C=O) groups is 1. The summed E-state index contributed by atoms with van der Waals surface area (Å²) in [5.74, 6) is -1.44. The number of rotatable bonds is 8. The predicted octanol–water partition coefficient (Wildman–Crippen LogP) is 3.90. The number of benzene rings is 1. The first kappa shape index (κ1) is 23.6. The van der Waals surface area contributed by atoms with Crippen molar-refractivity contribution in [2.75, 3.05) is 7.11 Å². The minimum absolute atomic E-state index is 0.133. The Morgan fingerprint density at radius 1 is 1.28 bits per heavy atom. The molecule has 10 heteroatoms. The molecule has 0 aliphatic rings. The quantitative estimate of drug-likeness (QED) is 0.311. The van der Waals surface area contributed by atoms with Crippen molar-refractivity contribution >= 4 is 22.3 Å². The summed E-state index contributed by atoms with van der Waals surface area (Å²) in [4.78, 5) is 39.1. The molecule has 9 nitrogen and oxygen atoms in total. The van der Waals surface area contributed by atoms with E-state index in [9.17, 15) is 14.7 Å². The SMILES string of the molecule is COC(=O)CC(c1c(O)cc(C)n(CCc2cnc[nH]2)c1=O)c1c(-c2ccccc2)nc2sccn12. The summed E-state index contributed by atoms with van der Waals surface area (Å²) in [5.41, 5.74) is 3.45. The number of nitrogens with zero attached hydrogens (tertiary/aromatic N) is 4. The molecule has 184 valence electrons. The van der Waals surface area contributed by atoms with Gasteiger partial charge in [0.05, 0.1) is 36.8 Å². The van der Waals surface area contributed by atoms with Crippen molar-refractivity contribution in [3.8, 4) is 17.0 Å². The van der Waals surface area contributed by atoms with E-state index in [2.05, 4.69) is 9.97 Å². The highest BCUT2D eigenvalue weighted by atomic mass is 32.1. The van der Waals surface area contributed by atoms with Crippen LogP contribution in [0, 0.1) is 6.92 Å². The van der Waals surface area contributed by atoms with Crippen LogP contribution >= 0.6 is 11.3 Å². The number of methoxy groups -OCH3 is 1. The Kier molecular flexibility index (Phi) is 6.43. The maximum Gasteiger partial charge on any atom is 0.306 e. The van der Waals surface area contributed by atoms with E-state index in [0.717, 1.165) is 16.2 Å². The molecule has 36 heavy (non-hydrogen) atoms. The molecule has 0 spiro atoms. The molecule has 0 saturated heterocycles. The molecule has 5 rings (SSSR count). The number of hydrogen-bond acceptors (Lipinski definition) is 7. The van der Waals surface area contributed by atoms with Gasteiger partial charge >= 0.3 is 5.97 Å². The molecule has 5 aromatic rings. The zero-order valence-electron chi connectivity index (χ0n) is 19.8. The van der Waals surface area contributed by atoms with Crippen molar-refractivity contribution in [3.63, 3.8) is 0 Å². The smallest absolute Gasteiger partial charge is 0.306 e. The van der Waals surface area contributed by atoms with Crippen LogP contribution in [-0.4, -0.2) is 42.1 Å². The molecule has 4 aromatic heterocycles. The summed E-state index contributed by atoms with van der Waals surface area (Å²) in [5, 5.41) is 13.0. The van der Waals surface area contributed by atoms with Crippen molar-refractivity contribution in [3.05, 3.63) is 93.5 Å². The monoisotopic (exact) mass is 503 g/mol. The maximum atomic E-state index is 13.9. The largest absolute Gasteiger partial charge is 0.507 e. The fourth-order valence-corrected chi connectivity index (χ4v) is 5.28. The highest BCUT2D eigenvalue weighted by molar-refractivity contribution is 7.15. The topological polar surface area (TPSA) is 115 Å². The van der Waals surface area contributed by atoms with Gasteiger partial charge in [0.15, 0.2) is 4.96 Å². The van der Waals surface area contributed by atoms with Gasteiger partial charge < -0.3 is 19.4 Å². The number of aromatic hydroxyl groups is 1. The number of esters is 1. The number of thiazole rings is 1. The third-order valence-corrected chi connectivity index (χ3v) is 7.06. The maximum absolute atomic E-state index is 13.9. The molecule has 0 fully saturated rings. The summed E-state index contributed by atoms with van der Waals surface area (Å²) in [7, 11) is 1.31. The molecular weight excluding hydrogens is 478 g/mol. The summed E-state index contributed by atoms with van der Waals surface area (Å²) in [6, 6.07) is 11.2. The summed E-state index contributed by atoms with van der Waals surface area (Å²) >= 11 is 1.46. The lowest BCUT2D eigenvalue weighted by Gasteiger charge is -2.21. The van der Waals surface area contributed by atoms with Gasteiger partial charge in [-0.25, -0.2) is 9.97 Å². The van der Waals surface area contributed by atoms with Gasteiger partial charge in [-0.15, -0.1) is 11.3 Å². The minimum Gasteiger partial charge on any atom is -0.507 e. The van der Waals surface area contributed by atoms with Crippen LogP contribution in [0.5, 0.6) is 5.75 Å². The van der Waals surface area contributed by atoms with Crippen LogP contribution in [0.4, 0.5) is 0 Å². The molecule has 1 atom stereocenters. The Morgan fingerprint density at radius 3 is 2.81 bits per heavy atom. The van der Waals surface area contributed by atoms with Crippen molar-refractivity contribution < 1.29 is 14.6 Å². The molecule has 1 unspecified atom stereocenters. The van der Waals surface area contributed by atoms with Gasteiger partial charge in [-0.1, -0.05) is 30.3 Å². The summed E-state index contributed by atoms with van der Waals surface area (Å²) < 4.78 is 8.50. The molecule has 0 aliphatic heterocycles. The Bertz CT molecular complexity index is 1570. The third-order valence-electron chi connectivity index (χ3n) is 6.31. The predicted molar refractivity (Wildman–Crippen MR) is 136 cm³/mol. The molecule has 0 saturated carbocycles. The molecular formula is C26H25N5O4S. The number of pyridine rings is 1. The van der Waals surface area contributed by atoms with Gasteiger partial charge in [0.2, 0.25) is 0 Å². The summed E-state index contributed by atoms with van der Waals surface area (Å²) in [6.45, 7) is 2.16. The number of nitrogens with one attached hydrogen (secondary N) is 1. The number of H-pyrrole nitrogens is 1. The van der Waals surface area contributed by atoms with E-state index in [4.69, 9.17) is 9.72 Å². The number of hydrogen-bond donors (Lipinski definition) is 2. The molecule has 0 bridgehead atoms. The highest BCUT2D eigenvalue weighted by Crippen LogP contribution is 2.39. The molecule has 0 aliphatic carbocycles. The van der Waals surface area contributed by atoms with Gasteiger partial charge in [0.25, 0.3) is 5.56 Å². The van der Waals surface area contributed by atoms with E-state index in [-0.39, 0.29) is 23.3 Å². The first-order chi connectivity index (χ1) is 17.5. The lowest BCUT2D eigenvalue weighted by molar-refractivity contribution is -0.140. The van der Waals surface area contributed by atoms with Gasteiger partial charge in [-0.05, 0) is 13.0 Å². The molecule has 2 N–H and O–H groups in total. The second kappa shape index (κ2) is 9.82. The van der Waals surface area contributed by atoms with E-state index >= 15 is 0 Å². The van der Waals surface area contributed by atoms with Crippen molar-refractivity contribution in [2.24, 2.45) is 0 Å². The number of fused-ring (bicyclic) bond motifs is 1. The van der Waals surface area contributed by atoms with Crippen molar-refractivity contribution in [2.45, 2.75) is 32.2 Å². The van der Waals surface area contributed by atoms with Gasteiger partial charge in [-0.2, -0.15) is 0 Å². The van der Waals surface area contributed by atoms with Crippen LogP contribution in [0.25, 0.3) is 16.2 Å². The van der Waals surface area contributed by atoms with Gasteiger partial charge in [0, 0.05) is 53.6 Å². The fraction of sp³-hybridized carbons (Fsp3) is 0.231. The standard InChI is InChI=1S/C26H25N5O4S/c1-16-12-20(32)22(25(34)30(16)9-8-18-14-27-15-28-18)19(13-21(33)35-2)24-23(17-6-4-3-5-7-17)29-26-31(24)10-11-36-26/h3-7,10-12,14-15,19,32H,8-9,13H2,1-2H3,(H,27,28). The van der Waals surface area contributed by atoms with Gasteiger partial charge in [-0.3, -0.25) is 14.0 Å². The van der Waals surface area contributed by atoms with Crippen LogP contribution in [0.1, 0.15) is 35.0 Å². The number of imidazole rings is 2. The first-order valence-corrected chi connectivity index (χ1v) is 12.3. The Morgan fingerprint density at radius 2 is 2.08 bits per heavy atom. The van der Waals surface area contributed by atoms with Gasteiger partial charge in [0.1, 0.15) is 5.75 Å². The first-order valence-electron chi connectivity index (χ1n) is 11.5. The average Bonchev–Trinajstić information content (AvgIpc) is 3.61. The molecule has 4 heterocycles. The van der Waals surface area contributed by atoms with Crippen LogP contribution < -0.4 is 5.56 Å². The molecule has 0 radical (unpaired) electrons. The minimum atomic E-state index is -0.788. The summed E-state index contributed by atoms with van der Waals surface area (Å²) in [6.07, 6.45) is 5.60. The number of ether oxygens (including phenoxy) is 1. The van der Waals surface area contributed by atoms with Crippen LogP contribution in [-0.2, 0) is 22.5 Å². The Labute approximate surface area is 210 Å². The normalized spacial score (nSPS) is 12.2. The van der Waals surface area contributed by atoms with Crippen LogP contribution in [0.3, 0.4) is 0 Å². The van der Waals surface area contributed by atoms with E-state index in [1.807, 2.05) is 46.3 Å². The number of aromatic nitrogens is 5. The Hall–Kier alpha value is -4.18. The lowest BCUT2D eigenvalue weighted by Crippen LogP contribution is -2.29. The van der Waals surface area contributed by atoms with Crippen molar-refractivity contribution in [1.82, 2.24) is 23.9 Å². The van der Waals surface area contributed by atoms with E-state index < -0.39 is 11.9 Å². The van der Waals surface area contributed by atoms with E-state index in [1.54, 1.807) is 30.1 Å². The molecule has 1 aromatic carbocycles. The second-order valence-electron chi connectivity index (χ2n) is 8.47.